The van der Waals surface area contributed by atoms with E-state index in [1.807, 2.05) is 43.8 Å². The number of hydrogen-bond donors (Lipinski definition) is 0. The van der Waals surface area contributed by atoms with Gasteiger partial charge in [-0.15, -0.1) is 0 Å². The Bertz CT molecular complexity index is 285. The van der Waals surface area contributed by atoms with Crippen LogP contribution in [-0.4, -0.2) is 15.0 Å². The van der Waals surface area contributed by atoms with Gasteiger partial charge in [-0.3, -0.25) is 4.79 Å². The van der Waals surface area contributed by atoms with Crippen molar-refractivity contribution in [1.29, 1.82) is 0 Å². The van der Waals surface area contributed by atoms with E-state index in [9.17, 15) is 4.79 Å². The standard InChI is InChI=1S/C11H15O2Si/c1-3-7-11(12)13-14(2)10-8-5-4-6-9-10/h4-9,14H,3H2,1-2H3. The minimum absolute atomic E-state index is 0.185. The fourth-order valence-electron chi connectivity index (χ4n) is 1.18. The van der Waals surface area contributed by atoms with Crippen LogP contribution in [-0.2, 0) is 9.22 Å². The van der Waals surface area contributed by atoms with Gasteiger partial charge in [-0.25, -0.2) is 0 Å². The van der Waals surface area contributed by atoms with Crippen molar-refractivity contribution >= 4 is 20.2 Å². The van der Waals surface area contributed by atoms with Crippen LogP contribution in [0.15, 0.2) is 30.3 Å². The lowest BCUT2D eigenvalue weighted by Gasteiger charge is -2.11. The highest BCUT2D eigenvalue weighted by Gasteiger charge is 2.12. The smallest absolute Gasteiger partial charge is 0.296 e. The number of rotatable bonds is 4. The number of carbonyl (C=O) groups excluding carboxylic acids is 1. The van der Waals surface area contributed by atoms with Gasteiger partial charge < -0.3 is 4.43 Å². The molecule has 0 aliphatic rings. The van der Waals surface area contributed by atoms with Crippen molar-refractivity contribution in [3.05, 3.63) is 36.8 Å². The maximum absolute atomic E-state index is 11.2. The summed E-state index contributed by atoms with van der Waals surface area (Å²) in [4.78, 5) is 11.2. The summed E-state index contributed by atoms with van der Waals surface area (Å²) in [6.45, 7) is 3.94. The van der Waals surface area contributed by atoms with Crippen molar-refractivity contribution < 1.29 is 9.22 Å². The lowest BCUT2D eigenvalue weighted by Crippen LogP contribution is -2.32. The zero-order valence-corrected chi connectivity index (χ0v) is 9.72. The fourth-order valence-corrected chi connectivity index (χ4v) is 2.53. The molecule has 0 amide bonds. The Labute approximate surface area is 86.6 Å². The molecule has 0 fully saturated rings. The van der Waals surface area contributed by atoms with E-state index < -0.39 is 9.04 Å². The SMILES string of the molecule is CC[CH]C(=O)O[SiH](C)c1ccccc1. The predicted molar refractivity (Wildman–Crippen MR) is 59.8 cm³/mol. The van der Waals surface area contributed by atoms with Crippen LogP contribution in [0.5, 0.6) is 0 Å². The van der Waals surface area contributed by atoms with Crippen LogP contribution < -0.4 is 5.19 Å². The normalized spacial score (nSPS) is 12.1. The van der Waals surface area contributed by atoms with Crippen LogP contribution in [0.3, 0.4) is 0 Å². The molecule has 1 aromatic carbocycles. The summed E-state index contributed by atoms with van der Waals surface area (Å²) < 4.78 is 5.32. The van der Waals surface area contributed by atoms with E-state index in [1.165, 1.54) is 0 Å². The van der Waals surface area contributed by atoms with Gasteiger partial charge in [0.25, 0.3) is 15.0 Å². The van der Waals surface area contributed by atoms with E-state index >= 15 is 0 Å². The third-order valence-electron chi connectivity index (χ3n) is 1.93. The molecule has 3 heteroatoms. The largest absolute Gasteiger partial charge is 0.518 e. The summed E-state index contributed by atoms with van der Waals surface area (Å²) in [6.07, 6.45) is 2.31. The summed E-state index contributed by atoms with van der Waals surface area (Å²) in [5.74, 6) is -0.185. The van der Waals surface area contributed by atoms with Gasteiger partial charge in [-0.05, 0) is 18.2 Å². The molecular weight excluding hydrogens is 192 g/mol. The first-order chi connectivity index (χ1) is 6.74. The molecule has 0 bridgehead atoms. The Kier molecular flexibility index (Phi) is 4.39. The highest BCUT2D eigenvalue weighted by Crippen LogP contribution is 1.95. The molecule has 0 heterocycles. The zero-order valence-electron chi connectivity index (χ0n) is 8.57. The van der Waals surface area contributed by atoms with Crippen molar-refractivity contribution in [2.45, 2.75) is 19.9 Å². The number of hydrogen-bond acceptors (Lipinski definition) is 2. The highest BCUT2D eigenvalue weighted by molar-refractivity contribution is 6.67. The average Bonchev–Trinajstić information content (AvgIpc) is 2.19. The first-order valence-electron chi connectivity index (χ1n) is 4.82. The lowest BCUT2D eigenvalue weighted by atomic mass is 10.4. The maximum Gasteiger partial charge on any atom is 0.296 e. The molecule has 1 unspecified atom stereocenters. The van der Waals surface area contributed by atoms with Crippen LogP contribution >= 0.6 is 0 Å². The van der Waals surface area contributed by atoms with Gasteiger partial charge in [0.15, 0.2) is 0 Å². The molecule has 0 saturated carbocycles. The van der Waals surface area contributed by atoms with Crippen molar-refractivity contribution in [3.63, 3.8) is 0 Å². The van der Waals surface area contributed by atoms with Gasteiger partial charge in [-0.1, -0.05) is 37.3 Å². The quantitative estimate of drug-likeness (QED) is 0.698. The molecule has 0 saturated heterocycles. The van der Waals surface area contributed by atoms with Gasteiger partial charge in [0, 0.05) is 0 Å². The molecule has 2 nitrogen and oxygen atoms in total. The van der Waals surface area contributed by atoms with Crippen LogP contribution in [0, 0.1) is 6.42 Å². The number of carbonyl (C=O) groups is 1. The maximum atomic E-state index is 11.2. The van der Waals surface area contributed by atoms with E-state index in [1.54, 1.807) is 6.42 Å². The molecule has 1 atom stereocenters. The van der Waals surface area contributed by atoms with E-state index in [-0.39, 0.29) is 5.97 Å². The van der Waals surface area contributed by atoms with Crippen molar-refractivity contribution in [3.8, 4) is 0 Å². The molecule has 0 N–H and O–H groups in total. The van der Waals surface area contributed by atoms with Gasteiger partial charge in [-0.2, -0.15) is 0 Å². The fraction of sp³-hybridized carbons (Fsp3) is 0.273. The summed E-state index contributed by atoms with van der Waals surface area (Å²) in [5.41, 5.74) is 0. The molecule has 75 valence electrons. The van der Waals surface area contributed by atoms with Crippen LogP contribution in [0.25, 0.3) is 0 Å². The molecule has 14 heavy (non-hydrogen) atoms. The van der Waals surface area contributed by atoms with E-state index in [4.69, 9.17) is 4.43 Å². The minimum Gasteiger partial charge on any atom is -0.518 e. The first kappa shape index (κ1) is 11.0. The van der Waals surface area contributed by atoms with Crippen molar-refractivity contribution in [1.82, 2.24) is 0 Å². The van der Waals surface area contributed by atoms with Gasteiger partial charge in [0.1, 0.15) is 0 Å². The average molecular weight is 207 g/mol. The van der Waals surface area contributed by atoms with Crippen molar-refractivity contribution in [2.75, 3.05) is 0 Å². The van der Waals surface area contributed by atoms with Crippen LogP contribution in [0.2, 0.25) is 6.55 Å². The predicted octanol–water partition coefficient (Wildman–Crippen LogP) is 1.40. The topological polar surface area (TPSA) is 26.3 Å². The Morgan fingerprint density at radius 3 is 2.64 bits per heavy atom. The molecule has 1 aromatic rings. The van der Waals surface area contributed by atoms with Gasteiger partial charge in [0.2, 0.25) is 0 Å². The molecule has 0 aliphatic heterocycles. The molecule has 1 radical (unpaired) electrons. The highest BCUT2D eigenvalue weighted by atomic mass is 28.3. The van der Waals surface area contributed by atoms with E-state index in [2.05, 4.69) is 0 Å². The lowest BCUT2D eigenvalue weighted by molar-refractivity contribution is -0.130. The summed E-state index contributed by atoms with van der Waals surface area (Å²) in [5, 5.41) is 1.16. The van der Waals surface area contributed by atoms with Crippen molar-refractivity contribution in [2.24, 2.45) is 0 Å². The Morgan fingerprint density at radius 1 is 1.43 bits per heavy atom. The van der Waals surface area contributed by atoms with Crippen LogP contribution in [0.4, 0.5) is 0 Å². The Morgan fingerprint density at radius 2 is 2.07 bits per heavy atom. The second kappa shape index (κ2) is 5.60. The second-order valence-electron chi connectivity index (χ2n) is 3.10. The number of benzene rings is 1. The van der Waals surface area contributed by atoms with E-state index in [0.29, 0.717) is 0 Å². The minimum atomic E-state index is -1.53. The summed E-state index contributed by atoms with van der Waals surface area (Å²) in [7, 11) is -1.53. The third kappa shape index (κ3) is 3.34. The first-order valence-corrected chi connectivity index (χ1v) is 7.03. The molecule has 0 spiro atoms. The summed E-state index contributed by atoms with van der Waals surface area (Å²) in [6, 6.07) is 9.92. The Hall–Kier alpha value is -1.09. The molecule has 0 aromatic heterocycles. The molecule has 1 rings (SSSR count). The second-order valence-corrected chi connectivity index (χ2v) is 5.29. The molecular formula is C11H15O2Si. The van der Waals surface area contributed by atoms with E-state index in [0.717, 1.165) is 11.6 Å². The molecule has 0 aliphatic carbocycles. The summed E-state index contributed by atoms with van der Waals surface area (Å²) >= 11 is 0. The van der Waals surface area contributed by atoms with Gasteiger partial charge >= 0.3 is 0 Å². The Balaban J connectivity index is 2.50. The monoisotopic (exact) mass is 207 g/mol. The third-order valence-corrected chi connectivity index (χ3v) is 3.84. The van der Waals surface area contributed by atoms with Gasteiger partial charge in [0.05, 0.1) is 6.42 Å². The zero-order chi connectivity index (χ0) is 10.4. The van der Waals surface area contributed by atoms with Crippen LogP contribution in [0.1, 0.15) is 13.3 Å².